The summed E-state index contributed by atoms with van der Waals surface area (Å²) in [5.41, 5.74) is 0. The Hall–Kier alpha value is -0.280. The number of rotatable bonds is 0. The van der Waals surface area contributed by atoms with Crippen LogP contribution in [0.15, 0.2) is 24.3 Å². The molecule has 1 nitrogen and oxygen atoms in total. The highest BCUT2D eigenvalue weighted by molar-refractivity contribution is 9.25. The molecule has 1 aliphatic carbocycles. The smallest absolute Gasteiger partial charge is 0.106 e. The Balaban J connectivity index is 2.81. The van der Waals surface area contributed by atoms with E-state index in [9.17, 15) is 5.11 Å². The summed E-state index contributed by atoms with van der Waals surface area (Å²) in [6.45, 7) is 0. The Kier molecular flexibility index (Phi) is 2.24. The highest BCUT2D eigenvalue weighted by atomic mass is 79.9. The number of halogens is 2. The molecule has 0 aromatic heterocycles. The van der Waals surface area contributed by atoms with Gasteiger partial charge in [-0.05, 0) is 11.3 Å². The van der Waals surface area contributed by atoms with Crippen LogP contribution in [0.2, 0.25) is 0 Å². The van der Waals surface area contributed by atoms with E-state index in [0.717, 1.165) is 10.4 Å². The number of fused-ring (bicyclic) bond motifs is 1. The van der Waals surface area contributed by atoms with Crippen molar-refractivity contribution in [2.24, 2.45) is 0 Å². The molecular formula is C10H8Br2O. The molecule has 0 saturated heterocycles. The molecule has 0 radical (unpaired) electrons. The van der Waals surface area contributed by atoms with E-state index in [2.05, 4.69) is 37.9 Å². The number of hydrogen-bond acceptors (Lipinski definition) is 1. The van der Waals surface area contributed by atoms with Gasteiger partial charge < -0.3 is 5.11 Å². The minimum atomic E-state index is -0.293. The SMILES string of the molecule is OC1=c2ccccc2=CC(Br)(Br)C1. The van der Waals surface area contributed by atoms with Crippen LogP contribution in [0.1, 0.15) is 6.42 Å². The molecule has 0 bridgehead atoms. The molecular weight excluding hydrogens is 296 g/mol. The third kappa shape index (κ3) is 1.81. The van der Waals surface area contributed by atoms with Gasteiger partial charge in [0.25, 0.3) is 0 Å². The molecule has 1 aromatic rings. The summed E-state index contributed by atoms with van der Waals surface area (Å²) in [7, 11) is 0. The van der Waals surface area contributed by atoms with Gasteiger partial charge in [-0.25, -0.2) is 0 Å². The van der Waals surface area contributed by atoms with Crippen LogP contribution < -0.4 is 10.4 Å². The average Bonchev–Trinajstić information content (AvgIpc) is 2.02. The van der Waals surface area contributed by atoms with Crippen LogP contribution in [-0.4, -0.2) is 8.34 Å². The van der Waals surface area contributed by atoms with E-state index >= 15 is 0 Å². The Morgan fingerprint density at radius 2 is 1.92 bits per heavy atom. The van der Waals surface area contributed by atoms with Gasteiger partial charge in [0.2, 0.25) is 0 Å². The molecule has 2 rings (SSSR count). The quantitative estimate of drug-likeness (QED) is 0.727. The van der Waals surface area contributed by atoms with Gasteiger partial charge in [-0.1, -0.05) is 56.1 Å². The third-order valence-corrected chi connectivity index (χ3v) is 3.06. The first-order valence-electron chi connectivity index (χ1n) is 3.96. The lowest BCUT2D eigenvalue weighted by Gasteiger charge is -2.19. The predicted molar refractivity (Wildman–Crippen MR) is 61.4 cm³/mol. The monoisotopic (exact) mass is 302 g/mol. The van der Waals surface area contributed by atoms with E-state index < -0.39 is 0 Å². The lowest BCUT2D eigenvalue weighted by atomic mass is 10.1. The number of alkyl halides is 2. The van der Waals surface area contributed by atoms with Gasteiger partial charge in [-0.2, -0.15) is 0 Å². The number of aliphatic hydroxyl groups is 1. The van der Waals surface area contributed by atoms with Crippen LogP contribution >= 0.6 is 31.9 Å². The fraction of sp³-hybridized carbons (Fsp3) is 0.200. The highest BCUT2D eigenvalue weighted by Crippen LogP contribution is 2.35. The molecule has 0 atom stereocenters. The zero-order chi connectivity index (χ0) is 9.47. The zero-order valence-electron chi connectivity index (χ0n) is 6.80. The fourth-order valence-corrected chi connectivity index (χ4v) is 2.51. The van der Waals surface area contributed by atoms with Crippen molar-refractivity contribution in [3.8, 4) is 0 Å². The second-order valence-electron chi connectivity index (χ2n) is 3.12. The van der Waals surface area contributed by atoms with Crippen molar-refractivity contribution in [2.45, 2.75) is 9.65 Å². The maximum atomic E-state index is 9.73. The van der Waals surface area contributed by atoms with E-state index in [1.54, 1.807) is 0 Å². The molecule has 0 unspecified atom stereocenters. The van der Waals surface area contributed by atoms with Crippen molar-refractivity contribution in [1.29, 1.82) is 0 Å². The van der Waals surface area contributed by atoms with Crippen molar-refractivity contribution in [3.63, 3.8) is 0 Å². The van der Waals surface area contributed by atoms with Gasteiger partial charge >= 0.3 is 0 Å². The van der Waals surface area contributed by atoms with Crippen LogP contribution in [-0.2, 0) is 0 Å². The Bertz CT molecular complexity index is 448. The topological polar surface area (TPSA) is 20.2 Å². The van der Waals surface area contributed by atoms with Gasteiger partial charge in [-0.15, -0.1) is 0 Å². The van der Waals surface area contributed by atoms with E-state index in [-0.39, 0.29) is 3.23 Å². The molecule has 0 heterocycles. The molecule has 1 aromatic carbocycles. The summed E-state index contributed by atoms with van der Waals surface area (Å²) in [6.07, 6.45) is 2.63. The molecule has 1 N–H and O–H groups in total. The molecule has 0 saturated carbocycles. The highest BCUT2D eigenvalue weighted by Gasteiger charge is 2.24. The molecule has 1 aliphatic rings. The molecule has 0 spiro atoms. The van der Waals surface area contributed by atoms with Crippen LogP contribution in [0, 0.1) is 0 Å². The minimum absolute atomic E-state index is 0.293. The standard InChI is InChI=1S/C10H8Br2O/c11-10(12)5-7-3-1-2-4-8(7)9(13)6-10/h1-5,13H,6H2. The van der Waals surface area contributed by atoms with Gasteiger partial charge in [0.05, 0.1) is 0 Å². The first-order chi connectivity index (χ1) is 6.08. The summed E-state index contributed by atoms with van der Waals surface area (Å²) >= 11 is 6.97. The Morgan fingerprint density at radius 1 is 1.23 bits per heavy atom. The average molecular weight is 304 g/mol. The summed E-state index contributed by atoms with van der Waals surface area (Å²) in [5.74, 6) is 0.423. The summed E-state index contributed by atoms with van der Waals surface area (Å²) in [6, 6.07) is 7.81. The van der Waals surface area contributed by atoms with Crippen LogP contribution in [0.5, 0.6) is 0 Å². The lowest BCUT2D eigenvalue weighted by molar-refractivity contribution is 0.477. The van der Waals surface area contributed by atoms with E-state index in [1.165, 1.54) is 0 Å². The first-order valence-corrected chi connectivity index (χ1v) is 5.55. The van der Waals surface area contributed by atoms with E-state index in [1.807, 2.05) is 24.3 Å². The number of hydrogen-bond donors (Lipinski definition) is 1. The van der Waals surface area contributed by atoms with E-state index in [4.69, 9.17) is 0 Å². The summed E-state index contributed by atoms with van der Waals surface area (Å²) in [4.78, 5) is 0. The molecule has 0 aliphatic heterocycles. The molecule has 68 valence electrons. The Morgan fingerprint density at radius 3 is 2.69 bits per heavy atom. The maximum Gasteiger partial charge on any atom is 0.106 e. The van der Waals surface area contributed by atoms with Crippen LogP contribution in [0.25, 0.3) is 11.8 Å². The van der Waals surface area contributed by atoms with E-state index in [0.29, 0.717) is 12.2 Å². The van der Waals surface area contributed by atoms with Crippen molar-refractivity contribution in [2.75, 3.05) is 0 Å². The van der Waals surface area contributed by atoms with Gasteiger partial charge in [0, 0.05) is 11.6 Å². The minimum Gasteiger partial charge on any atom is -0.512 e. The van der Waals surface area contributed by atoms with Crippen molar-refractivity contribution in [3.05, 3.63) is 34.7 Å². The molecule has 0 fully saturated rings. The normalized spacial score (nSPS) is 19.1. The van der Waals surface area contributed by atoms with Crippen molar-refractivity contribution >= 4 is 43.7 Å². The number of aliphatic hydroxyl groups excluding tert-OH is 1. The summed E-state index contributed by atoms with van der Waals surface area (Å²) in [5, 5.41) is 11.7. The van der Waals surface area contributed by atoms with Gasteiger partial charge in [-0.3, -0.25) is 0 Å². The predicted octanol–water partition coefficient (Wildman–Crippen LogP) is 2.02. The van der Waals surface area contributed by atoms with Crippen molar-refractivity contribution in [1.82, 2.24) is 0 Å². The first kappa shape index (κ1) is 9.28. The molecule has 3 heteroatoms. The molecule has 13 heavy (non-hydrogen) atoms. The number of benzene rings is 1. The zero-order valence-corrected chi connectivity index (χ0v) is 9.97. The van der Waals surface area contributed by atoms with Gasteiger partial charge in [0.15, 0.2) is 0 Å². The maximum absolute atomic E-state index is 9.73. The lowest BCUT2D eigenvalue weighted by Crippen LogP contribution is -2.34. The Labute approximate surface area is 93.0 Å². The fourth-order valence-electron chi connectivity index (χ4n) is 1.48. The largest absolute Gasteiger partial charge is 0.512 e. The second-order valence-corrected chi connectivity index (χ2v) is 7.01. The second kappa shape index (κ2) is 3.14. The summed E-state index contributed by atoms with van der Waals surface area (Å²) < 4.78 is -0.293. The van der Waals surface area contributed by atoms with Crippen LogP contribution in [0.3, 0.4) is 0 Å². The van der Waals surface area contributed by atoms with Gasteiger partial charge in [0.1, 0.15) is 8.99 Å². The third-order valence-electron chi connectivity index (χ3n) is 2.04. The van der Waals surface area contributed by atoms with Crippen LogP contribution in [0.4, 0.5) is 0 Å². The molecule has 0 amide bonds. The van der Waals surface area contributed by atoms with Crippen molar-refractivity contribution < 1.29 is 5.11 Å².